The van der Waals surface area contributed by atoms with E-state index in [1.54, 1.807) is 25.8 Å². The number of carbonyl (C=O) groups is 3. The fourth-order valence-corrected chi connectivity index (χ4v) is 9.45. The third-order valence-electron chi connectivity index (χ3n) is 12.1. The van der Waals surface area contributed by atoms with Crippen LogP contribution in [0.25, 0.3) is 27.7 Å². The quantitative estimate of drug-likeness (QED) is 0.0923. The summed E-state index contributed by atoms with van der Waals surface area (Å²) in [7, 11) is 1.65. The highest BCUT2D eigenvalue weighted by molar-refractivity contribution is 7.10. The molecule has 60 heavy (non-hydrogen) atoms. The molecule has 2 amide bonds. The Balaban J connectivity index is 1.44. The topological polar surface area (TPSA) is 162 Å². The van der Waals surface area contributed by atoms with Gasteiger partial charge in [0.2, 0.25) is 11.8 Å². The van der Waals surface area contributed by atoms with E-state index in [1.807, 2.05) is 52.1 Å². The van der Waals surface area contributed by atoms with E-state index < -0.39 is 35.5 Å². The molecule has 2 fully saturated rings. The van der Waals surface area contributed by atoms with E-state index in [9.17, 15) is 14.4 Å². The van der Waals surface area contributed by atoms with E-state index >= 15 is 0 Å². The predicted molar refractivity (Wildman–Crippen MR) is 231 cm³/mol. The number of aromatic nitrogens is 3. The van der Waals surface area contributed by atoms with Crippen LogP contribution in [0, 0.1) is 23.2 Å². The number of benzene rings is 1. The number of methoxy groups -OCH3 is 1. The Morgan fingerprint density at radius 1 is 1.25 bits per heavy atom. The smallest absolute Gasteiger partial charge is 0.324 e. The first kappa shape index (κ1) is 43.1. The Morgan fingerprint density at radius 2 is 2.03 bits per heavy atom. The minimum absolute atomic E-state index is 0.101. The summed E-state index contributed by atoms with van der Waals surface area (Å²) >= 11 is 1.38. The van der Waals surface area contributed by atoms with Gasteiger partial charge in [0.1, 0.15) is 29.5 Å². The largest absolute Gasteiger partial charge is 0.464 e. The normalized spacial score (nSPS) is 25.4. The maximum absolute atomic E-state index is 14.6. The van der Waals surface area contributed by atoms with E-state index in [-0.39, 0.29) is 43.0 Å². The number of hydrogen-bond acceptors (Lipinski definition) is 12. The SMILES string of the molecule is C=C/C(=C(\N=CC)[C@H](C)OC)c1c2c3cc(ccc3n1Cc1ncco1)-c1csc(n1)[C@@H](OCC)[C@H](NC(=O)C1[C@@H](C)[C@H]1C)C(=O)N1CCC[C@H](N1)C(=O)OCC(C)(C)C2. The maximum atomic E-state index is 14.6. The molecule has 14 nitrogen and oxygen atoms in total. The summed E-state index contributed by atoms with van der Waals surface area (Å²) < 4.78 is 26.3. The average molecular weight is 840 g/mol. The van der Waals surface area contributed by atoms with Crippen LogP contribution in [0.2, 0.25) is 0 Å². The number of rotatable bonds is 11. The molecule has 0 radical (unpaired) electrons. The number of amides is 2. The Labute approximate surface area is 355 Å². The van der Waals surface area contributed by atoms with E-state index in [1.165, 1.54) is 16.3 Å². The van der Waals surface area contributed by atoms with Crippen LogP contribution in [-0.2, 0) is 41.6 Å². The van der Waals surface area contributed by atoms with Crippen LogP contribution in [0.3, 0.4) is 0 Å². The second-order valence-electron chi connectivity index (χ2n) is 16.8. The molecule has 15 heteroatoms. The van der Waals surface area contributed by atoms with Gasteiger partial charge in [-0.05, 0) is 69.6 Å². The highest BCUT2D eigenvalue weighted by Gasteiger charge is 2.50. The molecule has 1 saturated heterocycles. The number of hydrazine groups is 1. The van der Waals surface area contributed by atoms with Gasteiger partial charge in [0.25, 0.3) is 5.91 Å². The van der Waals surface area contributed by atoms with Gasteiger partial charge in [-0.25, -0.2) is 15.4 Å². The molecule has 7 atom stereocenters. The molecule has 5 heterocycles. The Kier molecular flexibility index (Phi) is 12.9. The number of nitrogens with zero attached hydrogens (tertiary/aromatic N) is 5. The predicted octanol–water partition coefficient (Wildman–Crippen LogP) is 6.91. The third-order valence-corrected chi connectivity index (χ3v) is 13.0. The molecule has 3 aliphatic rings. The van der Waals surface area contributed by atoms with E-state index in [2.05, 4.69) is 52.9 Å². The van der Waals surface area contributed by atoms with Crippen LogP contribution in [0.1, 0.15) is 89.6 Å². The molecule has 4 aromatic rings. The van der Waals surface area contributed by atoms with Crippen molar-refractivity contribution in [3.05, 3.63) is 76.5 Å². The van der Waals surface area contributed by atoms with Crippen LogP contribution in [-0.4, -0.2) is 88.6 Å². The number of aliphatic imine (C=N–C) groups is 1. The molecule has 6 bridgehead atoms. The fraction of sp³-hybridized carbons (Fsp3) is 0.511. The first-order valence-corrected chi connectivity index (χ1v) is 21.7. The number of esters is 1. The number of hydrogen-bond donors (Lipinski definition) is 2. The molecule has 1 aromatic carbocycles. The molecule has 1 unspecified atom stereocenters. The first-order chi connectivity index (χ1) is 28.8. The number of thiazole rings is 1. The molecule has 320 valence electrons. The van der Waals surface area contributed by atoms with Gasteiger partial charge >= 0.3 is 5.97 Å². The van der Waals surface area contributed by atoms with Crippen molar-refractivity contribution in [2.45, 2.75) is 98.6 Å². The lowest BCUT2D eigenvalue weighted by molar-refractivity contribution is -0.156. The molecule has 3 aromatic heterocycles. The summed E-state index contributed by atoms with van der Waals surface area (Å²) in [4.78, 5) is 56.6. The van der Waals surface area contributed by atoms with Crippen molar-refractivity contribution >= 4 is 51.8 Å². The number of allylic oxidation sites excluding steroid dienone is 2. The van der Waals surface area contributed by atoms with E-state index in [4.69, 9.17) is 28.6 Å². The summed E-state index contributed by atoms with van der Waals surface area (Å²) in [5.41, 5.74) is 8.39. The second kappa shape index (κ2) is 17.9. The summed E-state index contributed by atoms with van der Waals surface area (Å²) in [6.45, 7) is 19.2. The lowest BCUT2D eigenvalue weighted by atomic mass is 9.84. The third kappa shape index (κ3) is 8.63. The number of nitrogens with one attached hydrogen (secondary N) is 2. The van der Waals surface area contributed by atoms with Crippen molar-refractivity contribution in [2.75, 3.05) is 26.9 Å². The number of cyclic esters (lactones) is 1. The molecule has 0 spiro atoms. The van der Waals surface area contributed by atoms with Crippen LogP contribution in [0.4, 0.5) is 0 Å². The minimum atomic E-state index is -1.10. The van der Waals surface area contributed by atoms with Gasteiger partial charge in [0.05, 0.1) is 42.5 Å². The van der Waals surface area contributed by atoms with Crippen molar-refractivity contribution < 1.29 is 33.0 Å². The zero-order valence-electron chi connectivity index (χ0n) is 35.8. The number of oxazole rings is 1. The summed E-state index contributed by atoms with van der Waals surface area (Å²) in [5.74, 6) is -0.338. The van der Waals surface area contributed by atoms with Crippen molar-refractivity contribution in [2.24, 2.45) is 28.2 Å². The highest BCUT2D eigenvalue weighted by atomic mass is 32.1. The van der Waals surface area contributed by atoms with Crippen molar-refractivity contribution in [3.8, 4) is 11.3 Å². The Hall–Kier alpha value is -4.96. The zero-order chi connectivity index (χ0) is 42.9. The lowest BCUT2D eigenvalue weighted by Crippen LogP contribution is -2.61. The maximum Gasteiger partial charge on any atom is 0.324 e. The summed E-state index contributed by atoms with van der Waals surface area (Å²) in [5, 5.41) is 7.98. The van der Waals surface area contributed by atoms with Crippen LogP contribution in [0.15, 0.2) is 63.8 Å². The van der Waals surface area contributed by atoms with E-state index in [0.29, 0.717) is 54.6 Å². The molecule has 2 N–H and O–H groups in total. The molecular formula is C45H57N7O7S. The van der Waals surface area contributed by atoms with Gasteiger partial charge in [0, 0.05) is 65.2 Å². The number of carbonyl (C=O) groups excluding carboxylic acids is 3. The lowest BCUT2D eigenvalue weighted by Gasteiger charge is -2.37. The van der Waals surface area contributed by atoms with Crippen molar-refractivity contribution in [3.63, 3.8) is 0 Å². The number of ether oxygens (including phenoxy) is 3. The summed E-state index contributed by atoms with van der Waals surface area (Å²) in [6.07, 6.45) is 7.03. The zero-order valence-corrected chi connectivity index (χ0v) is 36.6. The molecule has 7 rings (SSSR count). The highest BCUT2D eigenvalue weighted by Crippen LogP contribution is 2.46. The number of fused-ring (bicyclic) bond motifs is 6. The standard InChI is InChI=1S/C45H57N7O7S/c1-10-29(37(46-11-2)27(6)56-9)39-31-21-45(7,8)24-59-44(55)32-14-13-18-52(50-32)43(54)38(49-41(53)36-25(4)26(36)5)40(57-12-3)42-48-33(23-60-42)28-15-16-34(30(31)20-28)51(39)22-35-47-17-19-58-35/h10-11,15-17,19-20,23,25-27,32,36,38,40,50H,1,12-14,18,21-22,24H2,2-9H3,(H,49,53)/b37-29+,46-11?/t25-,26+,27-,32-,36?,38-,40-/m0/s1. The molecular weight excluding hydrogens is 783 g/mol. The van der Waals surface area contributed by atoms with Gasteiger partial charge in [-0.15, -0.1) is 11.3 Å². The summed E-state index contributed by atoms with van der Waals surface area (Å²) in [6, 6.07) is 4.36. The second-order valence-corrected chi connectivity index (χ2v) is 17.7. The Bertz CT molecular complexity index is 2280. The van der Waals surface area contributed by atoms with Crippen molar-refractivity contribution in [1.82, 2.24) is 30.3 Å². The van der Waals surface area contributed by atoms with Gasteiger partial charge in [0.15, 0.2) is 0 Å². The molecule has 1 aliphatic carbocycles. The average Bonchev–Trinajstić information content (AvgIpc) is 3.73. The fourth-order valence-electron chi connectivity index (χ4n) is 8.54. The molecule has 2 aliphatic heterocycles. The minimum Gasteiger partial charge on any atom is -0.464 e. The Morgan fingerprint density at radius 3 is 2.70 bits per heavy atom. The van der Waals surface area contributed by atoms with Crippen LogP contribution in [0.5, 0.6) is 0 Å². The first-order valence-electron chi connectivity index (χ1n) is 20.8. The van der Waals surface area contributed by atoms with E-state index in [0.717, 1.165) is 33.3 Å². The van der Waals surface area contributed by atoms with Crippen molar-refractivity contribution in [1.29, 1.82) is 0 Å². The van der Waals surface area contributed by atoms with Gasteiger partial charge in [-0.1, -0.05) is 46.4 Å². The van der Waals surface area contributed by atoms with Crippen LogP contribution >= 0.6 is 11.3 Å². The van der Waals surface area contributed by atoms with Gasteiger partial charge in [-0.3, -0.25) is 24.4 Å². The van der Waals surface area contributed by atoms with Gasteiger partial charge in [-0.2, -0.15) is 0 Å². The molecule has 1 saturated carbocycles. The van der Waals surface area contributed by atoms with Crippen LogP contribution < -0.4 is 10.7 Å². The monoisotopic (exact) mass is 839 g/mol. The van der Waals surface area contributed by atoms with Gasteiger partial charge < -0.3 is 28.5 Å².